The van der Waals surface area contributed by atoms with Crippen molar-refractivity contribution in [3.05, 3.63) is 23.9 Å². The molecule has 1 saturated heterocycles. The summed E-state index contributed by atoms with van der Waals surface area (Å²) in [5.41, 5.74) is 0.924. The maximum Gasteiger partial charge on any atom is 0.332 e. The molecule has 0 bridgehead atoms. The van der Waals surface area contributed by atoms with Gasteiger partial charge in [-0.3, -0.25) is 19.6 Å². The van der Waals surface area contributed by atoms with E-state index in [4.69, 9.17) is 0 Å². The van der Waals surface area contributed by atoms with Gasteiger partial charge in [0.25, 0.3) is 5.91 Å². The fourth-order valence-electron chi connectivity index (χ4n) is 2.58. The number of carbonyl (C=O) groups excluding carboxylic acids is 2. The van der Waals surface area contributed by atoms with Gasteiger partial charge in [-0.2, -0.15) is 13.5 Å². The van der Waals surface area contributed by atoms with Crippen molar-refractivity contribution in [2.75, 3.05) is 0 Å². The highest BCUT2D eigenvalue weighted by Crippen LogP contribution is 2.28. The first kappa shape index (κ1) is 14.6. The number of benzene rings is 1. The second kappa shape index (κ2) is 4.87. The van der Waals surface area contributed by atoms with Crippen molar-refractivity contribution >= 4 is 32.9 Å². The SMILES string of the molecule is Cc1nn(C2CCC(=O)NC2=O)c2cc(S(=O)(=O)F)ccc12. The molecule has 1 fully saturated rings. The van der Waals surface area contributed by atoms with E-state index in [1.807, 2.05) is 0 Å². The molecule has 9 heteroatoms. The molecule has 116 valence electrons. The van der Waals surface area contributed by atoms with Crippen molar-refractivity contribution in [1.82, 2.24) is 15.1 Å². The van der Waals surface area contributed by atoms with Crippen molar-refractivity contribution in [3.8, 4) is 0 Å². The molecule has 0 aliphatic carbocycles. The molecule has 1 atom stereocenters. The third-order valence-corrected chi connectivity index (χ3v) is 4.47. The smallest absolute Gasteiger partial charge is 0.295 e. The Morgan fingerprint density at radius 2 is 2.09 bits per heavy atom. The van der Waals surface area contributed by atoms with Crippen LogP contribution in [0.2, 0.25) is 0 Å². The van der Waals surface area contributed by atoms with E-state index in [1.54, 1.807) is 6.92 Å². The first-order valence-electron chi connectivity index (χ1n) is 6.54. The number of aromatic nitrogens is 2. The number of halogens is 1. The first-order valence-corrected chi connectivity index (χ1v) is 7.93. The number of fused-ring (bicyclic) bond motifs is 1. The van der Waals surface area contributed by atoms with Crippen LogP contribution in [0.5, 0.6) is 0 Å². The van der Waals surface area contributed by atoms with Crippen LogP contribution in [0.4, 0.5) is 3.89 Å². The number of hydrogen-bond donors (Lipinski definition) is 1. The molecule has 0 spiro atoms. The van der Waals surface area contributed by atoms with Gasteiger partial charge in [-0.05, 0) is 31.5 Å². The molecule has 3 rings (SSSR count). The minimum absolute atomic E-state index is 0.165. The lowest BCUT2D eigenvalue weighted by molar-refractivity contribution is -0.135. The third kappa shape index (κ3) is 2.37. The number of piperidine rings is 1. The summed E-state index contributed by atoms with van der Waals surface area (Å²) < 4.78 is 36.6. The van der Waals surface area contributed by atoms with Crippen molar-refractivity contribution < 1.29 is 21.9 Å². The lowest BCUT2D eigenvalue weighted by Gasteiger charge is -2.21. The molecule has 2 amide bonds. The van der Waals surface area contributed by atoms with Gasteiger partial charge in [0, 0.05) is 11.8 Å². The summed E-state index contributed by atoms with van der Waals surface area (Å²) >= 11 is 0. The lowest BCUT2D eigenvalue weighted by Crippen LogP contribution is -2.42. The highest BCUT2D eigenvalue weighted by Gasteiger charge is 2.30. The summed E-state index contributed by atoms with van der Waals surface area (Å²) in [4.78, 5) is 22.7. The van der Waals surface area contributed by atoms with Gasteiger partial charge in [-0.1, -0.05) is 0 Å². The number of carbonyl (C=O) groups is 2. The Balaban J connectivity index is 2.17. The second-order valence-corrected chi connectivity index (χ2v) is 6.46. The molecule has 1 aliphatic heterocycles. The average Bonchev–Trinajstić information content (AvgIpc) is 2.75. The predicted molar refractivity (Wildman–Crippen MR) is 74.2 cm³/mol. The number of hydrogen-bond acceptors (Lipinski definition) is 5. The molecule has 22 heavy (non-hydrogen) atoms. The van der Waals surface area contributed by atoms with E-state index in [2.05, 4.69) is 10.4 Å². The normalized spacial score (nSPS) is 19.5. The maximum absolute atomic E-state index is 13.2. The molecule has 0 saturated carbocycles. The Kier molecular flexibility index (Phi) is 3.24. The van der Waals surface area contributed by atoms with E-state index in [1.165, 1.54) is 10.7 Å². The van der Waals surface area contributed by atoms with Gasteiger partial charge in [0.05, 0.1) is 11.2 Å². The topological polar surface area (TPSA) is 98.1 Å². The van der Waals surface area contributed by atoms with Crippen LogP contribution in [0.25, 0.3) is 10.9 Å². The number of nitrogens with zero attached hydrogens (tertiary/aromatic N) is 2. The van der Waals surface area contributed by atoms with Crippen LogP contribution in [-0.2, 0) is 19.8 Å². The molecule has 1 aliphatic rings. The first-order chi connectivity index (χ1) is 10.3. The lowest BCUT2D eigenvalue weighted by atomic mass is 10.1. The summed E-state index contributed by atoms with van der Waals surface area (Å²) in [6.45, 7) is 1.70. The fourth-order valence-corrected chi connectivity index (χ4v) is 3.06. The van der Waals surface area contributed by atoms with Crippen LogP contribution in [0.1, 0.15) is 24.6 Å². The van der Waals surface area contributed by atoms with Crippen LogP contribution in [0.3, 0.4) is 0 Å². The van der Waals surface area contributed by atoms with Gasteiger partial charge in [0.2, 0.25) is 5.91 Å². The molecule has 1 aromatic heterocycles. The standard InChI is InChI=1S/C13H12FN3O4S/c1-7-9-3-2-8(22(14,20)21)6-11(9)17(16-7)10-4-5-12(18)15-13(10)19/h2-3,6,10H,4-5H2,1H3,(H,15,18,19). The van der Waals surface area contributed by atoms with Gasteiger partial charge < -0.3 is 0 Å². The zero-order valence-corrected chi connectivity index (χ0v) is 12.4. The van der Waals surface area contributed by atoms with E-state index in [0.717, 1.165) is 12.1 Å². The molecule has 1 N–H and O–H groups in total. The van der Waals surface area contributed by atoms with Crippen LogP contribution >= 0.6 is 0 Å². The van der Waals surface area contributed by atoms with Gasteiger partial charge in [0.1, 0.15) is 10.9 Å². The second-order valence-electron chi connectivity index (χ2n) is 5.11. The van der Waals surface area contributed by atoms with E-state index in [9.17, 15) is 21.9 Å². The minimum Gasteiger partial charge on any atom is -0.295 e. The fraction of sp³-hybridized carbons (Fsp3) is 0.308. The minimum atomic E-state index is -4.85. The predicted octanol–water partition coefficient (Wildman–Crippen LogP) is 0.981. The molecule has 1 unspecified atom stereocenters. The van der Waals surface area contributed by atoms with Crippen LogP contribution in [-0.4, -0.2) is 30.0 Å². The molecule has 2 aromatic rings. The largest absolute Gasteiger partial charge is 0.332 e. The molecule has 1 aromatic carbocycles. The summed E-state index contributed by atoms with van der Waals surface area (Å²) in [6.07, 6.45) is 0.422. The Morgan fingerprint density at radius 3 is 2.73 bits per heavy atom. The summed E-state index contributed by atoms with van der Waals surface area (Å²) in [7, 11) is -4.85. The summed E-state index contributed by atoms with van der Waals surface area (Å²) in [6, 6.07) is 3.02. The maximum atomic E-state index is 13.2. The number of aryl methyl sites for hydroxylation is 1. The third-order valence-electron chi connectivity index (χ3n) is 3.65. The average molecular weight is 325 g/mol. The van der Waals surface area contributed by atoms with Crippen molar-refractivity contribution in [3.63, 3.8) is 0 Å². The van der Waals surface area contributed by atoms with Crippen molar-refractivity contribution in [2.45, 2.75) is 30.7 Å². The van der Waals surface area contributed by atoms with Gasteiger partial charge in [-0.15, -0.1) is 3.89 Å². The summed E-state index contributed by atoms with van der Waals surface area (Å²) in [5.74, 6) is -0.865. The van der Waals surface area contributed by atoms with E-state index >= 15 is 0 Å². The van der Waals surface area contributed by atoms with Crippen molar-refractivity contribution in [1.29, 1.82) is 0 Å². The van der Waals surface area contributed by atoms with Crippen LogP contribution in [0, 0.1) is 6.92 Å². The molecular formula is C13H12FN3O4S. The molecule has 2 heterocycles. The zero-order chi connectivity index (χ0) is 16.1. The zero-order valence-electron chi connectivity index (χ0n) is 11.5. The highest BCUT2D eigenvalue weighted by molar-refractivity contribution is 7.86. The number of nitrogens with one attached hydrogen (secondary N) is 1. The molecular weight excluding hydrogens is 313 g/mol. The molecule has 7 nitrogen and oxygen atoms in total. The monoisotopic (exact) mass is 325 g/mol. The highest BCUT2D eigenvalue weighted by atomic mass is 32.3. The summed E-state index contributed by atoms with van der Waals surface area (Å²) in [5, 5.41) is 7.08. The van der Waals surface area contributed by atoms with Gasteiger partial charge >= 0.3 is 10.2 Å². The Labute approximate surface area is 125 Å². The Bertz CT molecular complexity index is 903. The number of amides is 2. The van der Waals surface area contributed by atoms with E-state index < -0.39 is 27.1 Å². The van der Waals surface area contributed by atoms with E-state index in [-0.39, 0.29) is 18.7 Å². The Hall–Kier alpha value is -2.29. The van der Waals surface area contributed by atoms with Gasteiger partial charge in [-0.25, -0.2) is 0 Å². The van der Waals surface area contributed by atoms with Gasteiger partial charge in [0.15, 0.2) is 0 Å². The van der Waals surface area contributed by atoms with Crippen LogP contribution in [0.15, 0.2) is 23.1 Å². The van der Waals surface area contributed by atoms with Crippen LogP contribution < -0.4 is 5.32 Å². The quantitative estimate of drug-likeness (QED) is 0.655. The number of imide groups is 1. The number of rotatable bonds is 2. The van der Waals surface area contributed by atoms with Crippen molar-refractivity contribution in [2.24, 2.45) is 0 Å². The van der Waals surface area contributed by atoms with E-state index in [0.29, 0.717) is 16.6 Å². The molecule has 0 radical (unpaired) electrons. The Morgan fingerprint density at radius 1 is 1.36 bits per heavy atom.